The van der Waals surface area contributed by atoms with Crippen LogP contribution in [-0.2, 0) is 4.79 Å². The van der Waals surface area contributed by atoms with Gasteiger partial charge in [0.1, 0.15) is 5.75 Å². The van der Waals surface area contributed by atoms with Crippen molar-refractivity contribution in [1.29, 1.82) is 0 Å². The highest BCUT2D eigenvalue weighted by Crippen LogP contribution is 2.34. The van der Waals surface area contributed by atoms with Crippen molar-refractivity contribution in [2.75, 3.05) is 0 Å². The summed E-state index contributed by atoms with van der Waals surface area (Å²) < 4.78 is 5.41. The number of hydrogen-bond acceptors (Lipinski definition) is 2. The lowest BCUT2D eigenvalue weighted by Gasteiger charge is -2.24. The molecule has 2 heteroatoms. The number of rotatable bonds is 11. The molecule has 0 fully saturated rings. The van der Waals surface area contributed by atoms with Crippen LogP contribution in [0.4, 0.5) is 0 Å². The van der Waals surface area contributed by atoms with Gasteiger partial charge in [-0.05, 0) is 78.3 Å². The van der Waals surface area contributed by atoms with Crippen molar-refractivity contribution in [3.05, 3.63) is 60.2 Å². The Hall–Kier alpha value is -2.35. The molecule has 172 valence electrons. The third-order valence-electron chi connectivity index (χ3n) is 7.07. The van der Waals surface area contributed by atoms with E-state index in [0.717, 1.165) is 30.2 Å². The minimum absolute atomic E-state index is 0.150. The van der Waals surface area contributed by atoms with Crippen LogP contribution in [0.2, 0.25) is 0 Å². The second kappa shape index (κ2) is 12.6. The van der Waals surface area contributed by atoms with Gasteiger partial charge in [0.15, 0.2) is 0 Å². The summed E-state index contributed by atoms with van der Waals surface area (Å²) in [6, 6.07) is 16.8. The summed E-state index contributed by atoms with van der Waals surface area (Å²) >= 11 is 0. The third kappa shape index (κ3) is 7.08. The molecule has 0 saturated carbocycles. The summed E-state index contributed by atoms with van der Waals surface area (Å²) in [4.78, 5) is 11.8. The molecule has 0 radical (unpaired) electrons. The Bertz CT molecular complexity index is 857. The molecule has 0 bridgehead atoms. The second-order valence-corrected chi connectivity index (χ2v) is 9.31. The van der Waals surface area contributed by atoms with Crippen LogP contribution in [0.3, 0.4) is 0 Å². The van der Waals surface area contributed by atoms with Crippen LogP contribution in [-0.4, -0.2) is 5.97 Å². The molecule has 1 unspecified atom stereocenters. The number of ether oxygens (including phenoxy) is 1. The predicted molar refractivity (Wildman–Crippen MR) is 136 cm³/mol. The van der Waals surface area contributed by atoms with Crippen LogP contribution in [0.1, 0.15) is 90.5 Å². The quantitative estimate of drug-likeness (QED) is 0.262. The second-order valence-electron chi connectivity index (χ2n) is 9.31. The molecular formula is C30H40O2. The SMILES string of the molecule is CCCCC(=O)Oc1ccc(-c2ccc(C3=CCC(CCC(CC)CC)CC3)cc2)cc1. The minimum atomic E-state index is -0.150. The number of hydrogen-bond donors (Lipinski definition) is 0. The normalized spacial score (nSPS) is 16.1. The Kier molecular flexibility index (Phi) is 9.59. The highest BCUT2D eigenvalue weighted by Gasteiger charge is 2.17. The van der Waals surface area contributed by atoms with E-state index in [4.69, 9.17) is 4.74 Å². The first-order valence-corrected chi connectivity index (χ1v) is 12.7. The van der Waals surface area contributed by atoms with Gasteiger partial charge in [-0.3, -0.25) is 4.79 Å². The fourth-order valence-electron chi connectivity index (χ4n) is 4.68. The first-order valence-electron chi connectivity index (χ1n) is 12.7. The van der Waals surface area contributed by atoms with Crippen LogP contribution in [0.15, 0.2) is 54.6 Å². The first kappa shape index (κ1) is 24.3. The molecule has 0 N–H and O–H groups in total. The standard InChI is InChI=1S/C30H40O2/c1-4-7-8-30(31)32-29-21-19-28(20-22-29)27-17-15-26(16-18-27)25-13-11-24(12-14-25)10-9-23(5-2)6-3/h13,15-24H,4-12,14H2,1-3H3. The third-order valence-corrected chi connectivity index (χ3v) is 7.07. The maximum absolute atomic E-state index is 11.8. The number of carbonyl (C=O) groups is 1. The van der Waals surface area contributed by atoms with Gasteiger partial charge in [-0.1, -0.05) is 88.9 Å². The molecule has 0 amide bonds. The van der Waals surface area contributed by atoms with Crippen molar-refractivity contribution in [1.82, 2.24) is 0 Å². The van der Waals surface area contributed by atoms with Crippen LogP contribution >= 0.6 is 0 Å². The zero-order chi connectivity index (χ0) is 22.8. The summed E-state index contributed by atoms with van der Waals surface area (Å²) in [5.41, 5.74) is 5.19. The molecule has 0 aliphatic heterocycles. The van der Waals surface area contributed by atoms with Crippen LogP contribution in [0, 0.1) is 11.8 Å². The van der Waals surface area contributed by atoms with Crippen LogP contribution < -0.4 is 4.74 Å². The Morgan fingerprint density at radius 3 is 2.12 bits per heavy atom. The number of esters is 1. The van der Waals surface area contributed by atoms with Crippen molar-refractivity contribution < 1.29 is 9.53 Å². The van der Waals surface area contributed by atoms with Gasteiger partial charge in [-0.2, -0.15) is 0 Å². The van der Waals surface area contributed by atoms with Gasteiger partial charge in [-0.15, -0.1) is 0 Å². The van der Waals surface area contributed by atoms with Gasteiger partial charge in [0, 0.05) is 6.42 Å². The van der Waals surface area contributed by atoms with Gasteiger partial charge in [0.05, 0.1) is 0 Å². The summed E-state index contributed by atoms with van der Waals surface area (Å²) in [7, 11) is 0. The molecule has 2 aromatic carbocycles. The lowest BCUT2D eigenvalue weighted by atomic mass is 9.82. The zero-order valence-corrected chi connectivity index (χ0v) is 20.2. The summed E-state index contributed by atoms with van der Waals surface area (Å²) in [5, 5.41) is 0. The van der Waals surface area contributed by atoms with E-state index in [1.807, 2.05) is 24.3 Å². The molecule has 3 rings (SSSR count). The fourth-order valence-corrected chi connectivity index (χ4v) is 4.68. The number of unbranched alkanes of at least 4 members (excludes halogenated alkanes) is 1. The Balaban J connectivity index is 1.54. The molecule has 0 saturated heterocycles. The smallest absolute Gasteiger partial charge is 0.311 e. The molecular weight excluding hydrogens is 392 g/mol. The van der Waals surface area contributed by atoms with Gasteiger partial charge < -0.3 is 4.74 Å². The van der Waals surface area contributed by atoms with Gasteiger partial charge in [0.25, 0.3) is 0 Å². The Morgan fingerprint density at radius 1 is 0.938 bits per heavy atom. The lowest BCUT2D eigenvalue weighted by Crippen LogP contribution is -2.08. The number of benzene rings is 2. The van der Waals surface area contributed by atoms with Crippen molar-refractivity contribution in [2.45, 2.75) is 85.0 Å². The molecule has 1 aliphatic rings. The van der Waals surface area contributed by atoms with Crippen LogP contribution in [0.25, 0.3) is 16.7 Å². The van der Waals surface area contributed by atoms with E-state index in [0.29, 0.717) is 12.2 Å². The number of allylic oxidation sites excluding steroid dienone is 2. The van der Waals surface area contributed by atoms with Gasteiger partial charge in [0.2, 0.25) is 0 Å². The monoisotopic (exact) mass is 432 g/mol. The molecule has 1 aliphatic carbocycles. The fraction of sp³-hybridized carbons (Fsp3) is 0.500. The highest BCUT2D eigenvalue weighted by molar-refractivity contribution is 5.73. The van der Waals surface area contributed by atoms with E-state index in [2.05, 4.69) is 51.1 Å². The maximum Gasteiger partial charge on any atom is 0.311 e. The first-order chi connectivity index (χ1) is 15.6. The largest absolute Gasteiger partial charge is 0.427 e. The highest BCUT2D eigenvalue weighted by atomic mass is 16.5. The lowest BCUT2D eigenvalue weighted by molar-refractivity contribution is -0.134. The minimum Gasteiger partial charge on any atom is -0.427 e. The molecule has 0 heterocycles. The van der Waals surface area contributed by atoms with E-state index < -0.39 is 0 Å². The zero-order valence-electron chi connectivity index (χ0n) is 20.2. The summed E-state index contributed by atoms with van der Waals surface area (Å²) in [6.45, 7) is 6.73. The van der Waals surface area contributed by atoms with Crippen molar-refractivity contribution in [3.8, 4) is 16.9 Å². The van der Waals surface area contributed by atoms with Crippen molar-refractivity contribution in [3.63, 3.8) is 0 Å². The Labute approximate surface area is 195 Å². The average Bonchev–Trinajstić information content (AvgIpc) is 2.84. The van der Waals surface area contributed by atoms with Gasteiger partial charge in [-0.25, -0.2) is 0 Å². The van der Waals surface area contributed by atoms with Crippen molar-refractivity contribution >= 4 is 11.5 Å². The van der Waals surface area contributed by atoms with E-state index in [9.17, 15) is 4.79 Å². The Morgan fingerprint density at radius 2 is 1.56 bits per heavy atom. The van der Waals surface area contributed by atoms with E-state index >= 15 is 0 Å². The van der Waals surface area contributed by atoms with Gasteiger partial charge >= 0.3 is 5.97 Å². The predicted octanol–water partition coefficient (Wildman–Crippen LogP) is 8.85. The summed E-state index contributed by atoms with van der Waals surface area (Å²) in [6.07, 6.45) is 14.0. The maximum atomic E-state index is 11.8. The molecule has 32 heavy (non-hydrogen) atoms. The molecule has 0 spiro atoms. The molecule has 0 aromatic heterocycles. The number of carbonyl (C=O) groups excluding carboxylic acids is 1. The summed E-state index contributed by atoms with van der Waals surface area (Å²) in [5.74, 6) is 2.25. The molecule has 2 aromatic rings. The average molecular weight is 433 g/mol. The van der Waals surface area contributed by atoms with Crippen LogP contribution in [0.5, 0.6) is 5.75 Å². The van der Waals surface area contributed by atoms with Crippen molar-refractivity contribution in [2.24, 2.45) is 11.8 Å². The molecule has 1 atom stereocenters. The topological polar surface area (TPSA) is 26.3 Å². The van der Waals surface area contributed by atoms with E-state index in [-0.39, 0.29) is 5.97 Å². The van der Waals surface area contributed by atoms with E-state index in [1.165, 1.54) is 61.6 Å². The van der Waals surface area contributed by atoms with E-state index in [1.54, 1.807) is 0 Å². The molecule has 2 nitrogen and oxygen atoms in total.